The molecule has 0 spiro atoms. The van der Waals surface area contributed by atoms with Crippen LogP contribution in [0.5, 0.6) is 0 Å². The van der Waals surface area contributed by atoms with Crippen LogP contribution < -0.4 is 5.32 Å². The van der Waals surface area contributed by atoms with Crippen molar-refractivity contribution in [2.24, 2.45) is 0 Å². The molecule has 2 aromatic heterocycles. The first-order valence-corrected chi connectivity index (χ1v) is 10.5. The molecule has 3 nitrogen and oxygen atoms in total. The first-order valence-electron chi connectivity index (χ1n) is 8.90. The number of aromatic nitrogens is 2. The van der Waals surface area contributed by atoms with Gasteiger partial charge in [-0.1, -0.05) is 58.8 Å². The Kier molecular flexibility index (Phi) is 4.46. The molecule has 0 atom stereocenters. The second kappa shape index (κ2) is 7.02. The maximum Gasteiger partial charge on any atom is 0.197 e. The number of fused-ring (bicyclic) bond motifs is 3. The molecule has 0 saturated carbocycles. The van der Waals surface area contributed by atoms with Gasteiger partial charge in [0.2, 0.25) is 0 Å². The standard InChI is InChI=1S/C22H14Cl2FN3S/c1-12-5-4-6-15(23)19(12)26-21-20(14-10-9-13(25)11-16(14)24)27-22-28(21)17-7-2-3-8-18(17)29-22/h2-11,26H,1H3. The highest BCUT2D eigenvalue weighted by Crippen LogP contribution is 2.41. The summed E-state index contributed by atoms with van der Waals surface area (Å²) in [7, 11) is 0. The molecule has 3 aromatic carbocycles. The van der Waals surface area contributed by atoms with Gasteiger partial charge in [-0.15, -0.1) is 0 Å². The minimum atomic E-state index is -0.387. The van der Waals surface area contributed by atoms with E-state index in [2.05, 4.69) is 15.8 Å². The zero-order valence-electron chi connectivity index (χ0n) is 15.2. The van der Waals surface area contributed by atoms with Gasteiger partial charge in [0.1, 0.15) is 17.3 Å². The number of imidazole rings is 1. The number of rotatable bonds is 3. The smallest absolute Gasteiger partial charge is 0.197 e. The van der Waals surface area contributed by atoms with Crippen molar-refractivity contribution in [3.05, 3.63) is 82.1 Å². The molecule has 0 aliphatic rings. The average molecular weight is 442 g/mol. The fourth-order valence-electron chi connectivity index (χ4n) is 3.41. The molecule has 1 N–H and O–H groups in total. The summed E-state index contributed by atoms with van der Waals surface area (Å²) >= 11 is 14.4. The molecule has 0 bridgehead atoms. The molecule has 0 aliphatic heterocycles. The molecule has 2 heterocycles. The third kappa shape index (κ3) is 3.06. The molecule has 0 unspecified atom stereocenters. The predicted octanol–water partition coefficient (Wildman–Crippen LogP) is 7.71. The zero-order chi connectivity index (χ0) is 20.1. The minimum Gasteiger partial charge on any atom is -0.338 e. The van der Waals surface area contributed by atoms with Gasteiger partial charge in [0.25, 0.3) is 0 Å². The third-order valence-electron chi connectivity index (χ3n) is 4.81. The summed E-state index contributed by atoms with van der Waals surface area (Å²) in [5.74, 6) is 0.351. The number of anilines is 2. The fraction of sp³-hybridized carbons (Fsp3) is 0.0455. The van der Waals surface area contributed by atoms with E-state index in [1.807, 2.05) is 43.3 Å². The lowest BCUT2D eigenvalue weighted by Crippen LogP contribution is -1.99. The van der Waals surface area contributed by atoms with Crippen molar-refractivity contribution >= 4 is 61.2 Å². The number of halogens is 3. The number of thiazole rings is 1. The average Bonchev–Trinajstić information content (AvgIpc) is 3.21. The van der Waals surface area contributed by atoms with Crippen molar-refractivity contribution in [2.45, 2.75) is 6.92 Å². The maximum absolute atomic E-state index is 13.6. The van der Waals surface area contributed by atoms with Gasteiger partial charge in [0, 0.05) is 5.56 Å². The fourth-order valence-corrected chi connectivity index (χ4v) is 4.96. The summed E-state index contributed by atoms with van der Waals surface area (Å²) in [6.45, 7) is 1.99. The normalized spacial score (nSPS) is 11.4. The van der Waals surface area contributed by atoms with Crippen molar-refractivity contribution in [3.63, 3.8) is 0 Å². The van der Waals surface area contributed by atoms with E-state index in [-0.39, 0.29) is 5.82 Å². The van der Waals surface area contributed by atoms with Crippen LogP contribution >= 0.6 is 34.5 Å². The van der Waals surface area contributed by atoms with E-state index >= 15 is 0 Å². The molecule has 29 heavy (non-hydrogen) atoms. The maximum atomic E-state index is 13.6. The lowest BCUT2D eigenvalue weighted by atomic mass is 10.1. The molecule has 0 aliphatic carbocycles. The van der Waals surface area contributed by atoms with Crippen LogP contribution in [0.4, 0.5) is 15.9 Å². The van der Waals surface area contributed by atoms with Gasteiger partial charge in [-0.05, 0) is 48.9 Å². The van der Waals surface area contributed by atoms with Gasteiger partial charge in [-0.25, -0.2) is 9.37 Å². The van der Waals surface area contributed by atoms with Crippen molar-refractivity contribution in [3.8, 4) is 11.3 Å². The first kappa shape index (κ1) is 18.4. The number of nitrogens with one attached hydrogen (secondary N) is 1. The van der Waals surface area contributed by atoms with E-state index in [0.29, 0.717) is 21.3 Å². The van der Waals surface area contributed by atoms with E-state index in [1.54, 1.807) is 17.4 Å². The van der Waals surface area contributed by atoms with E-state index in [0.717, 1.165) is 32.2 Å². The Morgan fingerprint density at radius 1 is 1.00 bits per heavy atom. The Morgan fingerprint density at radius 3 is 2.62 bits per heavy atom. The summed E-state index contributed by atoms with van der Waals surface area (Å²) in [5.41, 5.74) is 4.12. The molecule has 0 radical (unpaired) electrons. The van der Waals surface area contributed by atoms with Gasteiger partial charge in [0.15, 0.2) is 4.96 Å². The van der Waals surface area contributed by atoms with Crippen molar-refractivity contribution in [1.82, 2.24) is 9.38 Å². The highest BCUT2D eigenvalue weighted by Gasteiger charge is 2.21. The monoisotopic (exact) mass is 441 g/mol. The number of para-hydroxylation sites is 2. The van der Waals surface area contributed by atoms with Crippen LogP contribution in [0.3, 0.4) is 0 Å². The van der Waals surface area contributed by atoms with E-state index in [1.165, 1.54) is 12.1 Å². The lowest BCUT2D eigenvalue weighted by molar-refractivity contribution is 0.628. The number of aryl methyl sites for hydroxylation is 1. The Labute approximate surface area is 180 Å². The van der Waals surface area contributed by atoms with Crippen LogP contribution in [0.2, 0.25) is 10.0 Å². The molecule has 7 heteroatoms. The van der Waals surface area contributed by atoms with Crippen LogP contribution in [-0.2, 0) is 0 Å². The summed E-state index contributed by atoms with van der Waals surface area (Å²) < 4.78 is 16.8. The van der Waals surface area contributed by atoms with Gasteiger partial charge < -0.3 is 5.32 Å². The Balaban J connectivity index is 1.82. The van der Waals surface area contributed by atoms with Crippen molar-refractivity contribution < 1.29 is 4.39 Å². The Bertz CT molecular complexity index is 1370. The number of hydrogen-bond acceptors (Lipinski definition) is 3. The highest BCUT2D eigenvalue weighted by molar-refractivity contribution is 7.23. The predicted molar refractivity (Wildman–Crippen MR) is 120 cm³/mol. The van der Waals surface area contributed by atoms with E-state index in [4.69, 9.17) is 28.2 Å². The number of benzene rings is 3. The van der Waals surface area contributed by atoms with Crippen LogP contribution in [-0.4, -0.2) is 9.38 Å². The molecule has 144 valence electrons. The summed E-state index contributed by atoms with van der Waals surface area (Å²) in [6, 6.07) is 18.2. The summed E-state index contributed by atoms with van der Waals surface area (Å²) in [5, 5.41) is 4.39. The second-order valence-corrected chi connectivity index (χ2v) is 8.50. The minimum absolute atomic E-state index is 0.305. The number of hydrogen-bond donors (Lipinski definition) is 1. The third-order valence-corrected chi connectivity index (χ3v) is 6.45. The topological polar surface area (TPSA) is 29.3 Å². The van der Waals surface area contributed by atoms with Crippen LogP contribution in [0, 0.1) is 12.7 Å². The SMILES string of the molecule is Cc1cccc(Cl)c1Nc1c(-c2ccc(F)cc2Cl)nc2sc3ccccc3n12. The summed E-state index contributed by atoms with van der Waals surface area (Å²) in [4.78, 5) is 5.65. The molecule has 0 amide bonds. The van der Waals surface area contributed by atoms with Crippen LogP contribution in [0.15, 0.2) is 60.7 Å². The van der Waals surface area contributed by atoms with Gasteiger partial charge in [-0.3, -0.25) is 4.40 Å². The molecular weight excluding hydrogens is 428 g/mol. The quantitative estimate of drug-likeness (QED) is 0.310. The molecule has 5 rings (SSSR count). The van der Waals surface area contributed by atoms with E-state index in [9.17, 15) is 4.39 Å². The highest BCUT2D eigenvalue weighted by atomic mass is 35.5. The molecular formula is C22H14Cl2FN3S. The Hall–Kier alpha value is -2.60. The van der Waals surface area contributed by atoms with E-state index < -0.39 is 0 Å². The largest absolute Gasteiger partial charge is 0.338 e. The van der Waals surface area contributed by atoms with Crippen LogP contribution in [0.25, 0.3) is 26.4 Å². The van der Waals surface area contributed by atoms with Gasteiger partial charge in [0.05, 0.1) is 25.9 Å². The van der Waals surface area contributed by atoms with Crippen LogP contribution in [0.1, 0.15) is 5.56 Å². The zero-order valence-corrected chi connectivity index (χ0v) is 17.5. The van der Waals surface area contributed by atoms with Gasteiger partial charge in [-0.2, -0.15) is 0 Å². The second-order valence-electron chi connectivity index (χ2n) is 6.68. The van der Waals surface area contributed by atoms with Gasteiger partial charge >= 0.3 is 0 Å². The molecule has 0 saturated heterocycles. The van der Waals surface area contributed by atoms with Crippen molar-refractivity contribution in [2.75, 3.05) is 5.32 Å². The Morgan fingerprint density at radius 2 is 1.83 bits per heavy atom. The molecule has 0 fully saturated rings. The summed E-state index contributed by atoms with van der Waals surface area (Å²) in [6.07, 6.45) is 0. The van der Waals surface area contributed by atoms with Crippen molar-refractivity contribution in [1.29, 1.82) is 0 Å². The molecule has 5 aromatic rings. The first-order chi connectivity index (χ1) is 14.0. The number of nitrogens with zero attached hydrogens (tertiary/aromatic N) is 2. The lowest BCUT2D eigenvalue weighted by Gasteiger charge is -2.13.